The van der Waals surface area contributed by atoms with E-state index in [0.717, 1.165) is 0 Å². The molecule has 0 bridgehead atoms. The Morgan fingerprint density at radius 3 is 2.50 bits per heavy atom. The number of nitrogens with zero attached hydrogens (tertiary/aromatic N) is 1. The van der Waals surface area contributed by atoms with Crippen LogP contribution in [0.5, 0.6) is 0 Å². The average Bonchev–Trinajstić information content (AvgIpc) is 2.34. The summed E-state index contributed by atoms with van der Waals surface area (Å²) in [6.07, 6.45) is 0.479. The fourth-order valence-electron chi connectivity index (χ4n) is 2.27. The van der Waals surface area contributed by atoms with E-state index in [4.69, 9.17) is 5.11 Å². The van der Waals surface area contributed by atoms with Crippen molar-refractivity contribution in [2.75, 3.05) is 13.1 Å². The summed E-state index contributed by atoms with van der Waals surface area (Å²) in [4.78, 5) is 11.0. The molecule has 0 unspecified atom stereocenters. The number of hydrogen-bond donors (Lipinski definition) is 2. The zero-order chi connectivity index (χ0) is 15.1. The molecule has 0 radical (unpaired) electrons. The molecule has 1 aromatic rings. The third kappa shape index (κ3) is 2.32. The van der Waals surface area contributed by atoms with Gasteiger partial charge in [0.25, 0.3) is 0 Å². The maximum atomic E-state index is 12.4. The summed E-state index contributed by atoms with van der Waals surface area (Å²) in [7, 11) is -3.76. The summed E-state index contributed by atoms with van der Waals surface area (Å²) in [5.41, 5.74) is -0.782. The lowest BCUT2D eigenvalue weighted by molar-refractivity contribution is -0.0613. The lowest BCUT2D eigenvalue weighted by Crippen LogP contribution is -2.62. The highest BCUT2D eigenvalue weighted by molar-refractivity contribution is 7.89. The normalized spacial score (nSPS) is 18.6. The Kier molecular flexibility index (Phi) is 3.62. The van der Waals surface area contributed by atoms with Crippen molar-refractivity contribution in [1.29, 1.82) is 0 Å². The van der Waals surface area contributed by atoms with Gasteiger partial charge in [0.1, 0.15) is 0 Å². The Morgan fingerprint density at radius 2 is 2.00 bits per heavy atom. The lowest BCUT2D eigenvalue weighted by atomic mass is 9.94. The number of carbonyl (C=O) groups is 1. The van der Waals surface area contributed by atoms with Crippen LogP contribution in [0.4, 0.5) is 0 Å². The van der Waals surface area contributed by atoms with Crippen LogP contribution in [0.2, 0.25) is 0 Å². The van der Waals surface area contributed by atoms with E-state index in [1.54, 1.807) is 6.92 Å². The average molecular weight is 299 g/mol. The van der Waals surface area contributed by atoms with Gasteiger partial charge in [-0.15, -0.1) is 0 Å². The lowest BCUT2D eigenvalue weighted by Gasteiger charge is -2.45. The standard InChI is InChI=1S/C13H17NO5S/c1-3-13(17)7-14(8-13)20(18,19)11-6-4-5-10(9(11)2)12(15)16/h4-6,17H,3,7-8H2,1-2H3,(H,15,16). The van der Waals surface area contributed by atoms with Gasteiger partial charge in [0, 0.05) is 13.1 Å². The van der Waals surface area contributed by atoms with E-state index in [1.165, 1.54) is 29.4 Å². The number of carboxylic acid groups (broad SMARTS) is 1. The molecule has 20 heavy (non-hydrogen) atoms. The Bertz CT molecular complexity index is 647. The van der Waals surface area contributed by atoms with Gasteiger partial charge in [0.05, 0.1) is 16.1 Å². The molecule has 7 heteroatoms. The van der Waals surface area contributed by atoms with Crippen molar-refractivity contribution in [3.8, 4) is 0 Å². The van der Waals surface area contributed by atoms with Gasteiger partial charge >= 0.3 is 5.97 Å². The first-order valence-corrected chi connectivity index (χ1v) is 7.71. The molecule has 0 saturated carbocycles. The summed E-state index contributed by atoms with van der Waals surface area (Å²) in [6.45, 7) is 3.35. The molecule has 0 spiro atoms. The summed E-state index contributed by atoms with van der Waals surface area (Å²) in [5, 5.41) is 18.9. The fraction of sp³-hybridized carbons (Fsp3) is 0.462. The highest BCUT2D eigenvalue weighted by Crippen LogP contribution is 2.32. The van der Waals surface area contributed by atoms with Gasteiger partial charge in [0.15, 0.2) is 0 Å². The highest BCUT2D eigenvalue weighted by Gasteiger charge is 2.46. The molecule has 0 aliphatic carbocycles. The molecule has 0 atom stereocenters. The number of rotatable bonds is 4. The van der Waals surface area contributed by atoms with Gasteiger partial charge in [-0.3, -0.25) is 0 Å². The van der Waals surface area contributed by atoms with Crippen molar-refractivity contribution in [2.45, 2.75) is 30.8 Å². The van der Waals surface area contributed by atoms with Crippen LogP contribution in [0, 0.1) is 6.92 Å². The minimum absolute atomic E-state index is 0.0180. The largest absolute Gasteiger partial charge is 0.478 e. The Hall–Kier alpha value is -1.44. The van der Waals surface area contributed by atoms with Gasteiger partial charge in [-0.05, 0) is 31.0 Å². The molecule has 6 nitrogen and oxygen atoms in total. The predicted octanol–water partition coefficient (Wildman–Crippen LogP) is 0.839. The zero-order valence-electron chi connectivity index (χ0n) is 11.3. The van der Waals surface area contributed by atoms with Crippen molar-refractivity contribution in [3.05, 3.63) is 29.3 Å². The van der Waals surface area contributed by atoms with E-state index in [1.807, 2.05) is 0 Å². The Balaban J connectivity index is 2.37. The topological polar surface area (TPSA) is 94.9 Å². The molecule has 1 aliphatic heterocycles. The summed E-state index contributed by atoms with van der Waals surface area (Å²) in [6, 6.07) is 4.17. The van der Waals surface area contributed by atoms with E-state index < -0.39 is 21.6 Å². The molecule has 2 N–H and O–H groups in total. The van der Waals surface area contributed by atoms with Crippen molar-refractivity contribution < 1.29 is 23.4 Å². The predicted molar refractivity (Wildman–Crippen MR) is 72.1 cm³/mol. The van der Waals surface area contributed by atoms with Crippen molar-refractivity contribution in [2.24, 2.45) is 0 Å². The molecule has 0 aromatic heterocycles. The highest BCUT2D eigenvalue weighted by atomic mass is 32.2. The second kappa shape index (κ2) is 4.83. The van der Waals surface area contributed by atoms with Crippen molar-refractivity contribution >= 4 is 16.0 Å². The number of aliphatic hydroxyl groups is 1. The second-order valence-corrected chi connectivity index (χ2v) is 6.99. The van der Waals surface area contributed by atoms with Crippen molar-refractivity contribution in [3.63, 3.8) is 0 Å². The third-order valence-corrected chi connectivity index (χ3v) is 5.67. The summed E-state index contributed by atoms with van der Waals surface area (Å²) < 4.78 is 26.0. The summed E-state index contributed by atoms with van der Waals surface area (Å²) in [5.74, 6) is -1.16. The van der Waals surface area contributed by atoms with E-state index in [0.29, 0.717) is 6.42 Å². The first-order chi connectivity index (χ1) is 9.21. The van der Waals surface area contributed by atoms with Crippen LogP contribution in [-0.4, -0.2) is 47.6 Å². The number of benzene rings is 1. The van der Waals surface area contributed by atoms with E-state index >= 15 is 0 Å². The summed E-state index contributed by atoms with van der Waals surface area (Å²) >= 11 is 0. The zero-order valence-corrected chi connectivity index (χ0v) is 12.1. The monoisotopic (exact) mass is 299 g/mol. The van der Waals surface area contributed by atoms with Gasteiger partial charge in [-0.1, -0.05) is 13.0 Å². The molecule has 110 valence electrons. The van der Waals surface area contributed by atoms with Gasteiger partial charge in [-0.25, -0.2) is 13.2 Å². The molecule has 1 saturated heterocycles. The minimum Gasteiger partial charge on any atom is -0.478 e. The number of carboxylic acids is 1. The molecule has 2 rings (SSSR count). The van der Waals surface area contributed by atoms with Crippen LogP contribution in [-0.2, 0) is 10.0 Å². The Labute approximate surface area is 117 Å². The first kappa shape index (κ1) is 15.0. The van der Waals surface area contributed by atoms with Gasteiger partial charge < -0.3 is 10.2 Å². The smallest absolute Gasteiger partial charge is 0.335 e. The number of hydrogen-bond acceptors (Lipinski definition) is 4. The van der Waals surface area contributed by atoms with Crippen LogP contribution >= 0.6 is 0 Å². The Morgan fingerprint density at radius 1 is 1.40 bits per heavy atom. The minimum atomic E-state index is -3.76. The third-order valence-electron chi connectivity index (χ3n) is 3.73. The van der Waals surface area contributed by atoms with Crippen LogP contribution in [0.3, 0.4) is 0 Å². The van der Waals surface area contributed by atoms with Crippen molar-refractivity contribution in [1.82, 2.24) is 4.31 Å². The number of aromatic carboxylic acids is 1. The molecule has 1 aliphatic rings. The molecule has 1 fully saturated rings. The molecule has 1 aromatic carbocycles. The van der Waals surface area contributed by atoms with Crippen LogP contribution < -0.4 is 0 Å². The van der Waals surface area contributed by atoms with E-state index in [-0.39, 0.29) is 29.1 Å². The van der Waals surface area contributed by atoms with Crippen LogP contribution in [0.1, 0.15) is 29.3 Å². The quantitative estimate of drug-likeness (QED) is 0.859. The van der Waals surface area contributed by atoms with E-state index in [2.05, 4.69) is 0 Å². The SMILES string of the molecule is CCC1(O)CN(S(=O)(=O)c2cccc(C(=O)O)c2C)C1. The molecule has 1 heterocycles. The molecule has 0 amide bonds. The van der Waals surface area contributed by atoms with Gasteiger partial charge in [0.2, 0.25) is 10.0 Å². The fourth-order valence-corrected chi connectivity index (χ4v) is 4.11. The molecular weight excluding hydrogens is 282 g/mol. The van der Waals surface area contributed by atoms with Gasteiger partial charge in [-0.2, -0.15) is 4.31 Å². The van der Waals surface area contributed by atoms with E-state index in [9.17, 15) is 18.3 Å². The van der Waals surface area contributed by atoms with Crippen LogP contribution in [0.25, 0.3) is 0 Å². The van der Waals surface area contributed by atoms with Crippen LogP contribution in [0.15, 0.2) is 23.1 Å². The molecular formula is C13H17NO5S. The number of β-amino-alcohol motifs (C(OH)–C–C–N with tert-alkyl or cyclic N) is 1. The second-order valence-electron chi connectivity index (χ2n) is 5.08. The maximum Gasteiger partial charge on any atom is 0.335 e. The number of sulfonamides is 1. The first-order valence-electron chi connectivity index (χ1n) is 6.27. The maximum absolute atomic E-state index is 12.4.